The molecule has 0 aliphatic rings. The Balaban J connectivity index is 3.34. The summed E-state index contributed by atoms with van der Waals surface area (Å²) in [6.45, 7) is 1.49. The van der Waals surface area contributed by atoms with Crippen molar-refractivity contribution in [1.82, 2.24) is 4.98 Å². The summed E-state index contributed by atoms with van der Waals surface area (Å²) in [7, 11) is 0. The van der Waals surface area contributed by atoms with E-state index in [2.05, 4.69) is 4.98 Å². The van der Waals surface area contributed by atoms with Gasteiger partial charge < -0.3 is 5.11 Å². The van der Waals surface area contributed by atoms with E-state index in [1.54, 1.807) is 0 Å². The molecule has 0 amide bonds. The second-order valence-corrected chi connectivity index (χ2v) is 2.25. The molecule has 54 valence electrons. The Morgan fingerprint density at radius 3 is 2.80 bits per heavy atom. The van der Waals surface area contributed by atoms with E-state index in [-0.39, 0.29) is 16.5 Å². The van der Waals surface area contributed by atoms with Gasteiger partial charge in [-0.05, 0) is 6.92 Å². The Hall–Kier alpha value is -0.830. The lowest BCUT2D eigenvalue weighted by Gasteiger charge is -1.98. The molecule has 0 unspecified atom stereocenters. The fourth-order valence-electron chi connectivity index (χ4n) is 0.549. The first-order chi connectivity index (χ1) is 4.63. The van der Waals surface area contributed by atoms with Crippen LogP contribution in [0.2, 0.25) is 5.02 Å². The van der Waals surface area contributed by atoms with Crippen molar-refractivity contribution < 1.29 is 9.50 Å². The monoisotopic (exact) mass is 161 g/mol. The lowest BCUT2D eigenvalue weighted by molar-refractivity contribution is 0.445. The zero-order chi connectivity index (χ0) is 7.72. The van der Waals surface area contributed by atoms with Gasteiger partial charge in [-0.25, -0.2) is 9.37 Å². The van der Waals surface area contributed by atoms with E-state index in [9.17, 15) is 4.39 Å². The Morgan fingerprint density at radius 2 is 2.30 bits per heavy atom. The standard InChI is InChI=1S/C6H5ClFNO/c1-3-5(7)4(8)2-9-6(3)10/h2H,1H3,(H,9,10). The van der Waals surface area contributed by atoms with Gasteiger partial charge in [0.25, 0.3) is 0 Å². The Bertz CT molecular complexity index is 237. The molecular formula is C6H5ClFNO. The minimum atomic E-state index is -0.614. The lowest BCUT2D eigenvalue weighted by Crippen LogP contribution is -1.85. The van der Waals surface area contributed by atoms with Gasteiger partial charge in [-0.2, -0.15) is 0 Å². The molecule has 0 bridgehead atoms. The second kappa shape index (κ2) is 2.42. The minimum absolute atomic E-state index is 0.0764. The molecule has 1 aromatic rings. The summed E-state index contributed by atoms with van der Waals surface area (Å²) < 4.78 is 12.5. The molecular weight excluding hydrogens is 157 g/mol. The van der Waals surface area contributed by atoms with Crippen molar-refractivity contribution in [3.05, 3.63) is 22.6 Å². The van der Waals surface area contributed by atoms with Crippen LogP contribution in [0.25, 0.3) is 0 Å². The van der Waals surface area contributed by atoms with Gasteiger partial charge in [-0.15, -0.1) is 0 Å². The summed E-state index contributed by atoms with van der Waals surface area (Å²) in [5, 5.41) is 8.79. The van der Waals surface area contributed by atoms with E-state index < -0.39 is 5.82 Å². The fourth-order valence-corrected chi connectivity index (χ4v) is 0.682. The maximum Gasteiger partial charge on any atom is 0.215 e. The molecule has 0 aliphatic heterocycles. The number of pyridine rings is 1. The van der Waals surface area contributed by atoms with Crippen molar-refractivity contribution in [2.45, 2.75) is 6.92 Å². The van der Waals surface area contributed by atoms with E-state index in [4.69, 9.17) is 16.7 Å². The van der Waals surface area contributed by atoms with Gasteiger partial charge in [0.2, 0.25) is 5.88 Å². The highest BCUT2D eigenvalue weighted by Crippen LogP contribution is 2.23. The average molecular weight is 162 g/mol. The van der Waals surface area contributed by atoms with Crippen LogP contribution >= 0.6 is 11.6 Å². The van der Waals surface area contributed by atoms with E-state index in [1.165, 1.54) is 6.92 Å². The third kappa shape index (κ3) is 1.04. The molecule has 0 saturated heterocycles. The SMILES string of the molecule is Cc1c(O)ncc(F)c1Cl. The minimum Gasteiger partial charge on any atom is -0.493 e. The molecule has 0 fully saturated rings. The van der Waals surface area contributed by atoms with Crippen molar-refractivity contribution >= 4 is 11.6 Å². The smallest absolute Gasteiger partial charge is 0.215 e. The Labute approximate surface area is 62.3 Å². The Morgan fingerprint density at radius 1 is 1.70 bits per heavy atom. The van der Waals surface area contributed by atoms with Crippen LogP contribution in [0.4, 0.5) is 4.39 Å². The molecule has 4 heteroatoms. The van der Waals surface area contributed by atoms with Crippen LogP contribution in [0.3, 0.4) is 0 Å². The first-order valence-corrected chi connectivity index (χ1v) is 3.00. The van der Waals surface area contributed by atoms with Crippen LogP contribution in [0.5, 0.6) is 5.88 Å². The molecule has 10 heavy (non-hydrogen) atoms. The maximum absolute atomic E-state index is 12.5. The van der Waals surface area contributed by atoms with E-state index in [0.717, 1.165) is 6.20 Å². The first kappa shape index (κ1) is 7.28. The summed E-state index contributed by atoms with van der Waals surface area (Å²) in [6, 6.07) is 0. The average Bonchev–Trinajstić information content (AvgIpc) is 1.93. The quantitative estimate of drug-likeness (QED) is 0.630. The van der Waals surface area contributed by atoms with Crippen LogP contribution in [0, 0.1) is 12.7 Å². The molecule has 1 aromatic heterocycles. The van der Waals surface area contributed by atoms with Gasteiger partial charge in [0.05, 0.1) is 11.2 Å². The molecule has 0 saturated carbocycles. The molecule has 0 spiro atoms. The highest BCUT2D eigenvalue weighted by Gasteiger charge is 2.06. The van der Waals surface area contributed by atoms with Crippen molar-refractivity contribution in [3.63, 3.8) is 0 Å². The summed E-state index contributed by atoms with van der Waals surface area (Å²) in [5.74, 6) is -0.844. The van der Waals surface area contributed by atoms with E-state index in [1.807, 2.05) is 0 Å². The predicted molar refractivity (Wildman–Crippen MR) is 35.6 cm³/mol. The highest BCUT2D eigenvalue weighted by molar-refractivity contribution is 6.31. The van der Waals surface area contributed by atoms with Gasteiger partial charge in [-0.3, -0.25) is 0 Å². The summed E-state index contributed by atoms with van der Waals surface area (Å²) in [5.41, 5.74) is 0.265. The van der Waals surface area contributed by atoms with Crippen molar-refractivity contribution in [2.24, 2.45) is 0 Å². The van der Waals surface area contributed by atoms with Crippen molar-refractivity contribution in [2.75, 3.05) is 0 Å². The van der Waals surface area contributed by atoms with Gasteiger partial charge in [-0.1, -0.05) is 11.6 Å². The zero-order valence-electron chi connectivity index (χ0n) is 5.23. The fraction of sp³-hybridized carbons (Fsp3) is 0.167. The Kier molecular flexibility index (Phi) is 1.76. The van der Waals surface area contributed by atoms with Crippen LogP contribution in [0.1, 0.15) is 5.56 Å². The summed E-state index contributed by atoms with van der Waals surface area (Å²) in [4.78, 5) is 3.34. The van der Waals surface area contributed by atoms with Crippen molar-refractivity contribution in [1.29, 1.82) is 0 Å². The molecule has 0 aliphatic carbocycles. The molecule has 0 aromatic carbocycles. The molecule has 1 N–H and O–H groups in total. The molecule has 2 nitrogen and oxygen atoms in total. The maximum atomic E-state index is 12.5. The number of aromatic hydroxyl groups is 1. The van der Waals surface area contributed by atoms with Crippen LogP contribution in [-0.4, -0.2) is 10.1 Å². The van der Waals surface area contributed by atoms with E-state index in [0.29, 0.717) is 0 Å². The molecule has 1 heterocycles. The topological polar surface area (TPSA) is 33.1 Å². The van der Waals surface area contributed by atoms with E-state index >= 15 is 0 Å². The number of nitrogens with zero attached hydrogens (tertiary/aromatic N) is 1. The van der Waals surface area contributed by atoms with Crippen LogP contribution in [0.15, 0.2) is 6.20 Å². The number of hydrogen-bond donors (Lipinski definition) is 1. The third-order valence-electron chi connectivity index (χ3n) is 1.17. The zero-order valence-corrected chi connectivity index (χ0v) is 5.98. The number of hydrogen-bond acceptors (Lipinski definition) is 2. The first-order valence-electron chi connectivity index (χ1n) is 2.62. The summed E-state index contributed by atoms with van der Waals surface area (Å²) >= 11 is 5.41. The number of rotatable bonds is 0. The van der Waals surface area contributed by atoms with Gasteiger partial charge in [0, 0.05) is 5.56 Å². The predicted octanol–water partition coefficient (Wildman–Crippen LogP) is 1.89. The lowest BCUT2D eigenvalue weighted by atomic mass is 10.3. The molecule has 0 radical (unpaired) electrons. The number of aromatic nitrogens is 1. The normalized spacial score (nSPS) is 9.90. The highest BCUT2D eigenvalue weighted by atomic mass is 35.5. The largest absolute Gasteiger partial charge is 0.493 e. The molecule has 1 rings (SSSR count). The van der Waals surface area contributed by atoms with Gasteiger partial charge in [0.1, 0.15) is 0 Å². The molecule has 0 atom stereocenters. The van der Waals surface area contributed by atoms with Crippen LogP contribution < -0.4 is 0 Å². The van der Waals surface area contributed by atoms with Gasteiger partial charge in [0.15, 0.2) is 5.82 Å². The van der Waals surface area contributed by atoms with Gasteiger partial charge >= 0.3 is 0 Å². The second-order valence-electron chi connectivity index (χ2n) is 1.87. The van der Waals surface area contributed by atoms with Crippen LogP contribution in [-0.2, 0) is 0 Å². The van der Waals surface area contributed by atoms with Crippen molar-refractivity contribution in [3.8, 4) is 5.88 Å². The number of halogens is 2. The summed E-state index contributed by atoms with van der Waals surface area (Å²) in [6.07, 6.45) is 0.880. The third-order valence-corrected chi connectivity index (χ3v) is 1.64.